The van der Waals surface area contributed by atoms with Gasteiger partial charge in [-0.25, -0.2) is 0 Å². The van der Waals surface area contributed by atoms with E-state index in [9.17, 15) is 4.79 Å². The summed E-state index contributed by atoms with van der Waals surface area (Å²) in [4.78, 5) is 11.8. The third-order valence-corrected chi connectivity index (χ3v) is 2.59. The van der Waals surface area contributed by atoms with Crippen molar-refractivity contribution in [3.8, 4) is 6.07 Å². The average molecular weight is 240 g/mol. The Morgan fingerprint density at radius 3 is 2.67 bits per heavy atom. The summed E-state index contributed by atoms with van der Waals surface area (Å²) in [5, 5.41) is 15.4. The molecule has 0 saturated heterocycles. The van der Waals surface area contributed by atoms with Crippen LogP contribution in [0, 0.1) is 11.3 Å². The van der Waals surface area contributed by atoms with Gasteiger partial charge in [-0.1, -0.05) is 12.1 Å². The van der Waals surface area contributed by atoms with E-state index in [1.54, 1.807) is 31.4 Å². The maximum Gasteiger partial charge on any atom is 0.269 e. The lowest BCUT2D eigenvalue weighted by molar-refractivity contribution is 0.0941. The first-order chi connectivity index (χ1) is 8.70. The first kappa shape index (κ1) is 11.9. The van der Waals surface area contributed by atoms with Gasteiger partial charge in [0.25, 0.3) is 5.91 Å². The SMILES string of the molecule is Cn1nccc1C(=O)NCc1ccc(C#N)cc1. The van der Waals surface area contributed by atoms with Crippen LogP contribution in [-0.4, -0.2) is 15.7 Å². The number of nitriles is 1. The molecule has 1 aromatic heterocycles. The Morgan fingerprint density at radius 1 is 1.39 bits per heavy atom. The highest BCUT2D eigenvalue weighted by Crippen LogP contribution is 2.03. The molecule has 0 bridgehead atoms. The summed E-state index contributed by atoms with van der Waals surface area (Å²) in [6, 6.07) is 10.8. The topological polar surface area (TPSA) is 70.7 Å². The Balaban J connectivity index is 1.97. The normalized spacial score (nSPS) is 9.78. The molecule has 5 heteroatoms. The Kier molecular flexibility index (Phi) is 3.39. The zero-order valence-corrected chi connectivity index (χ0v) is 9.92. The van der Waals surface area contributed by atoms with Gasteiger partial charge >= 0.3 is 0 Å². The fourth-order valence-corrected chi connectivity index (χ4v) is 1.57. The zero-order chi connectivity index (χ0) is 13.0. The highest BCUT2D eigenvalue weighted by molar-refractivity contribution is 5.92. The van der Waals surface area contributed by atoms with E-state index in [2.05, 4.69) is 10.4 Å². The number of aromatic nitrogens is 2. The van der Waals surface area contributed by atoms with E-state index in [0.717, 1.165) is 5.56 Å². The van der Waals surface area contributed by atoms with Crippen LogP contribution < -0.4 is 5.32 Å². The van der Waals surface area contributed by atoms with Gasteiger partial charge in [0.2, 0.25) is 0 Å². The maximum atomic E-state index is 11.8. The van der Waals surface area contributed by atoms with Crippen LogP contribution >= 0.6 is 0 Å². The standard InChI is InChI=1S/C13H12N4O/c1-17-12(6-7-16-17)13(18)15-9-11-4-2-10(8-14)3-5-11/h2-7H,9H2,1H3,(H,15,18). The summed E-state index contributed by atoms with van der Waals surface area (Å²) in [5.41, 5.74) is 2.07. The van der Waals surface area contributed by atoms with Gasteiger partial charge in [-0.3, -0.25) is 9.48 Å². The molecule has 0 radical (unpaired) electrons. The number of amides is 1. The molecule has 0 aliphatic heterocycles. The Morgan fingerprint density at radius 2 is 2.11 bits per heavy atom. The summed E-state index contributed by atoms with van der Waals surface area (Å²) < 4.78 is 1.52. The molecule has 1 aromatic carbocycles. The van der Waals surface area contributed by atoms with E-state index in [1.807, 2.05) is 18.2 Å². The first-order valence-electron chi connectivity index (χ1n) is 5.46. The fourth-order valence-electron chi connectivity index (χ4n) is 1.57. The molecule has 0 aliphatic carbocycles. The summed E-state index contributed by atoms with van der Waals surface area (Å²) in [6.45, 7) is 0.426. The minimum atomic E-state index is -0.167. The number of benzene rings is 1. The van der Waals surface area contributed by atoms with Crippen molar-refractivity contribution in [1.82, 2.24) is 15.1 Å². The molecule has 2 aromatic rings. The lowest BCUT2D eigenvalue weighted by Gasteiger charge is -2.05. The van der Waals surface area contributed by atoms with Gasteiger partial charge in [-0.15, -0.1) is 0 Å². The first-order valence-corrected chi connectivity index (χ1v) is 5.46. The van der Waals surface area contributed by atoms with Crippen LogP contribution in [0.15, 0.2) is 36.5 Å². The molecule has 0 spiro atoms. The van der Waals surface area contributed by atoms with Crippen molar-refractivity contribution >= 4 is 5.91 Å². The Labute approximate surface area is 105 Å². The van der Waals surface area contributed by atoms with Crippen LogP contribution in [0.3, 0.4) is 0 Å². The van der Waals surface area contributed by atoms with Crippen molar-refractivity contribution in [2.45, 2.75) is 6.54 Å². The van der Waals surface area contributed by atoms with Gasteiger partial charge in [0.15, 0.2) is 0 Å². The van der Waals surface area contributed by atoms with Gasteiger partial charge in [-0.05, 0) is 23.8 Å². The number of hydrogen-bond acceptors (Lipinski definition) is 3. The van der Waals surface area contributed by atoms with Crippen molar-refractivity contribution in [1.29, 1.82) is 5.26 Å². The van der Waals surface area contributed by atoms with E-state index in [-0.39, 0.29) is 5.91 Å². The van der Waals surface area contributed by atoms with E-state index >= 15 is 0 Å². The van der Waals surface area contributed by atoms with Crippen molar-refractivity contribution in [3.63, 3.8) is 0 Å². The van der Waals surface area contributed by atoms with E-state index in [1.165, 1.54) is 4.68 Å². The predicted octanol–water partition coefficient (Wildman–Crippen LogP) is 1.22. The number of aryl methyl sites for hydroxylation is 1. The lowest BCUT2D eigenvalue weighted by Crippen LogP contribution is -2.25. The number of nitrogens with zero attached hydrogens (tertiary/aromatic N) is 3. The molecule has 2 rings (SSSR count). The van der Waals surface area contributed by atoms with Crippen LogP contribution in [0.4, 0.5) is 0 Å². The second-order valence-corrected chi connectivity index (χ2v) is 3.83. The number of nitrogens with one attached hydrogen (secondary N) is 1. The molecular weight excluding hydrogens is 228 g/mol. The van der Waals surface area contributed by atoms with Crippen molar-refractivity contribution in [2.75, 3.05) is 0 Å². The summed E-state index contributed by atoms with van der Waals surface area (Å²) in [7, 11) is 1.72. The average Bonchev–Trinajstić information content (AvgIpc) is 2.83. The Bertz CT molecular complexity index is 592. The van der Waals surface area contributed by atoms with Crippen LogP contribution in [0.25, 0.3) is 0 Å². The molecule has 0 unspecified atom stereocenters. The molecule has 0 fully saturated rings. The molecule has 5 nitrogen and oxygen atoms in total. The van der Waals surface area contributed by atoms with E-state index in [4.69, 9.17) is 5.26 Å². The van der Waals surface area contributed by atoms with Crippen LogP contribution in [0.2, 0.25) is 0 Å². The molecule has 0 aliphatic rings. The van der Waals surface area contributed by atoms with E-state index in [0.29, 0.717) is 17.8 Å². The van der Waals surface area contributed by atoms with Crippen molar-refractivity contribution < 1.29 is 4.79 Å². The maximum absolute atomic E-state index is 11.8. The lowest BCUT2D eigenvalue weighted by atomic mass is 10.1. The number of carbonyl (C=O) groups is 1. The third-order valence-electron chi connectivity index (χ3n) is 2.59. The number of hydrogen-bond donors (Lipinski definition) is 1. The van der Waals surface area contributed by atoms with Crippen molar-refractivity contribution in [2.24, 2.45) is 7.05 Å². The molecule has 0 atom stereocenters. The fraction of sp³-hybridized carbons (Fsp3) is 0.154. The molecule has 1 amide bonds. The summed E-state index contributed by atoms with van der Waals surface area (Å²) >= 11 is 0. The smallest absolute Gasteiger partial charge is 0.269 e. The van der Waals surface area contributed by atoms with Crippen LogP contribution in [-0.2, 0) is 13.6 Å². The van der Waals surface area contributed by atoms with Gasteiger partial charge in [-0.2, -0.15) is 10.4 Å². The van der Waals surface area contributed by atoms with Gasteiger partial charge in [0, 0.05) is 19.8 Å². The highest BCUT2D eigenvalue weighted by Gasteiger charge is 2.08. The molecule has 18 heavy (non-hydrogen) atoms. The quantitative estimate of drug-likeness (QED) is 0.876. The minimum absolute atomic E-state index is 0.167. The van der Waals surface area contributed by atoms with Gasteiger partial charge in [0.05, 0.1) is 11.6 Å². The molecular formula is C13H12N4O. The molecule has 1 heterocycles. The summed E-state index contributed by atoms with van der Waals surface area (Å²) in [5.74, 6) is -0.167. The molecule has 0 saturated carbocycles. The number of rotatable bonds is 3. The van der Waals surface area contributed by atoms with Crippen LogP contribution in [0.5, 0.6) is 0 Å². The second-order valence-electron chi connectivity index (χ2n) is 3.83. The van der Waals surface area contributed by atoms with Crippen LogP contribution in [0.1, 0.15) is 21.6 Å². The van der Waals surface area contributed by atoms with Gasteiger partial charge in [0.1, 0.15) is 5.69 Å². The highest BCUT2D eigenvalue weighted by atomic mass is 16.2. The monoisotopic (exact) mass is 240 g/mol. The zero-order valence-electron chi connectivity index (χ0n) is 9.92. The van der Waals surface area contributed by atoms with Crippen molar-refractivity contribution in [3.05, 3.63) is 53.3 Å². The largest absolute Gasteiger partial charge is 0.347 e. The predicted molar refractivity (Wildman–Crippen MR) is 65.5 cm³/mol. The number of carbonyl (C=O) groups excluding carboxylic acids is 1. The molecule has 1 N–H and O–H groups in total. The minimum Gasteiger partial charge on any atom is -0.347 e. The molecule has 90 valence electrons. The second kappa shape index (κ2) is 5.15. The summed E-state index contributed by atoms with van der Waals surface area (Å²) in [6.07, 6.45) is 1.58. The van der Waals surface area contributed by atoms with E-state index < -0.39 is 0 Å². The third kappa shape index (κ3) is 2.55. The Hall–Kier alpha value is -2.61. The van der Waals surface area contributed by atoms with Gasteiger partial charge < -0.3 is 5.32 Å².